The normalized spacial score (nSPS) is 16.0. The van der Waals surface area contributed by atoms with Crippen LogP contribution in [0.1, 0.15) is 20.3 Å². The maximum atomic E-state index is 13.2. The molecule has 5 heteroatoms. The van der Waals surface area contributed by atoms with Crippen molar-refractivity contribution in [3.8, 4) is 12.1 Å². The van der Waals surface area contributed by atoms with E-state index in [9.17, 15) is 8.22 Å². The molecule has 0 amide bonds. The van der Waals surface area contributed by atoms with E-state index in [1.165, 1.54) is 0 Å². The molecule has 1 atom stereocenters. The summed E-state index contributed by atoms with van der Waals surface area (Å²) in [6.07, 6.45) is -0.378. The van der Waals surface area contributed by atoms with Gasteiger partial charge >= 0.3 is 8.74 Å². The number of nitrogens with zero attached hydrogens (tertiary/aromatic N) is 2. The average molecular weight is 202 g/mol. The van der Waals surface area contributed by atoms with Gasteiger partial charge < -0.3 is 0 Å². The summed E-state index contributed by atoms with van der Waals surface area (Å²) in [5.74, 6) is -0.483. The van der Waals surface area contributed by atoms with Gasteiger partial charge in [0.15, 0.2) is 0 Å². The molecule has 2 nitrogen and oxygen atoms in total. The molecule has 0 aromatic heterocycles. The summed E-state index contributed by atoms with van der Waals surface area (Å²) in [6.45, 7) is 3.95. The Hall–Kier alpha value is -0.943. The third kappa shape index (κ3) is 2.05. The number of halogens is 2. The molecule has 0 fully saturated rings. The van der Waals surface area contributed by atoms with Crippen LogP contribution in [0.15, 0.2) is 0 Å². The van der Waals surface area contributed by atoms with Gasteiger partial charge in [0.25, 0.3) is 0 Å². The van der Waals surface area contributed by atoms with Gasteiger partial charge in [-0.2, -0.15) is 10.5 Å². The van der Waals surface area contributed by atoms with E-state index in [0.29, 0.717) is 0 Å². The van der Waals surface area contributed by atoms with Crippen LogP contribution in [0.25, 0.3) is 0 Å². The Labute approximate surface area is 78.1 Å². The third-order valence-corrected chi connectivity index (χ3v) is 4.76. The lowest BCUT2D eigenvalue weighted by molar-refractivity contribution is 0.408. The molecule has 0 rings (SSSR count). The fourth-order valence-electron chi connectivity index (χ4n) is 1.26. The van der Waals surface area contributed by atoms with Gasteiger partial charge in [0, 0.05) is 0 Å². The predicted molar refractivity (Wildman–Crippen MR) is 47.2 cm³/mol. The van der Waals surface area contributed by atoms with Crippen LogP contribution >= 0.6 is 0 Å². The van der Waals surface area contributed by atoms with Gasteiger partial charge in [-0.1, -0.05) is 13.8 Å². The van der Waals surface area contributed by atoms with Gasteiger partial charge in [0.05, 0.1) is 18.6 Å². The maximum Gasteiger partial charge on any atom is 0.442 e. The molecule has 0 bridgehead atoms. The zero-order valence-corrected chi connectivity index (χ0v) is 8.93. The molecule has 0 aromatic carbocycles. The molecule has 0 aromatic rings. The van der Waals surface area contributed by atoms with Gasteiger partial charge in [-0.3, -0.25) is 8.22 Å². The molecule has 0 aliphatic rings. The summed E-state index contributed by atoms with van der Waals surface area (Å²) in [6, 6.07) is 3.32. The zero-order valence-electron chi connectivity index (χ0n) is 7.93. The van der Waals surface area contributed by atoms with Crippen LogP contribution in [0.4, 0.5) is 8.22 Å². The van der Waals surface area contributed by atoms with Crippen molar-refractivity contribution in [3.63, 3.8) is 0 Å². The van der Waals surface area contributed by atoms with Crippen LogP contribution in [0, 0.1) is 28.6 Å². The molecule has 0 saturated carbocycles. The average Bonchev–Trinajstić information content (AvgIpc) is 1.96. The highest BCUT2D eigenvalue weighted by Crippen LogP contribution is 2.48. The first kappa shape index (κ1) is 12.1. The Morgan fingerprint density at radius 1 is 1.38 bits per heavy atom. The summed E-state index contributed by atoms with van der Waals surface area (Å²) in [7, 11) is -4.60. The first-order chi connectivity index (χ1) is 5.81. The molecular formula is C8H12F2N2Si. The van der Waals surface area contributed by atoms with Gasteiger partial charge in [0.1, 0.15) is 5.04 Å². The second-order valence-corrected chi connectivity index (χ2v) is 6.13. The van der Waals surface area contributed by atoms with Crippen LogP contribution in [0.5, 0.6) is 0 Å². The fraction of sp³-hybridized carbons (Fsp3) is 0.750. The van der Waals surface area contributed by atoms with E-state index >= 15 is 0 Å². The maximum absolute atomic E-state index is 13.2. The van der Waals surface area contributed by atoms with Crippen molar-refractivity contribution in [3.05, 3.63) is 0 Å². The van der Waals surface area contributed by atoms with Crippen molar-refractivity contribution < 1.29 is 8.22 Å². The molecule has 0 aliphatic heterocycles. The minimum Gasteiger partial charge on any atom is -0.269 e. The van der Waals surface area contributed by atoms with Crippen LogP contribution in [-0.2, 0) is 0 Å². The highest BCUT2D eigenvalue weighted by atomic mass is 28.4. The van der Waals surface area contributed by atoms with Crippen molar-refractivity contribution >= 4 is 8.74 Å². The molecule has 0 heterocycles. The summed E-state index contributed by atoms with van der Waals surface area (Å²) < 4.78 is 26.5. The molecule has 0 spiro atoms. The summed E-state index contributed by atoms with van der Waals surface area (Å²) in [5, 5.41) is 15.5. The van der Waals surface area contributed by atoms with Gasteiger partial charge in [-0.15, -0.1) is 0 Å². The highest BCUT2D eigenvalue weighted by molar-refractivity contribution is 6.69. The van der Waals surface area contributed by atoms with Crippen molar-refractivity contribution in [2.75, 3.05) is 0 Å². The van der Waals surface area contributed by atoms with Crippen molar-refractivity contribution in [1.29, 1.82) is 10.5 Å². The third-order valence-electron chi connectivity index (χ3n) is 2.33. The van der Waals surface area contributed by atoms with Crippen LogP contribution in [0.2, 0.25) is 11.6 Å². The minimum atomic E-state index is -4.60. The van der Waals surface area contributed by atoms with Gasteiger partial charge in [0.2, 0.25) is 0 Å². The molecule has 13 heavy (non-hydrogen) atoms. The van der Waals surface area contributed by atoms with Crippen molar-refractivity contribution in [2.45, 2.75) is 31.9 Å². The zero-order chi connectivity index (χ0) is 10.7. The Kier molecular flexibility index (Phi) is 3.56. The lowest BCUT2D eigenvalue weighted by Gasteiger charge is -2.31. The molecule has 0 radical (unpaired) electrons. The summed E-state index contributed by atoms with van der Waals surface area (Å²) >= 11 is 0. The number of rotatable bonds is 3. The first-order valence-electron chi connectivity index (χ1n) is 3.98. The lowest BCUT2D eigenvalue weighted by Crippen LogP contribution is -2.40. The lowest BCUT2D eigenvalue weighted by atomic mass is 9.93. The monoisotopic (exact) mass is 202 g/mol. The van der Waals surface area contributed by atoms with Gasteiger partial charge in [-0.05, 0) is 12.5 Å². The number of nitriles is 2. The van der Waals surface area contributed by atoms with E-state index in [1.807, 2.05) is 0 Å². The molecule has 1 unspecified atom stereocenters. The Balaban J connectivity index is 5.17. The van der Waals surface area contributed by atoms with Crippen molar-refractivity contribution in [1.82, 2.24) is 0 Å². The van der Waals surface area contributed by atoms with E-state index in [1.54, 1.807) is 26.0 Å². The molecule has 72 valence electrons. The summed E-state index contributed by atoms with van der Waals surface area (Å²) in [4.78, 5) is 0. The fourth-order valence-corrected chi connectivity index (χ4v) is 2.86. The number of hydrogen-bond acceptors (Lipinski definition) is 2. The summed E-state index contributed by atoms with van der Waals surface area (Å²) in [5.41, 5.74) is 0. The Morgan fingerprint density at radius 3 is 1.92 bits per heavy atom. The van der Waals surface area contributed by atoms with Crippen LogP contribution in [-0.4, -0.2) is 8.74 Å². The van der Waals surface area contributed by atoms with E-state index < -0.39 is 19.7 Å². The van der Waals surface area contributed by atoms with E-state index in [-0.39, 0.29) is 6.42 Å². The standard InChI is InChI=1S/C8H12F2N2Si/c1-7(2)8(6-12,4-5-11)13(3,9)10/h7H,4H2,1-3H3. The smallest absolute Gasteiger partial charge is 0.269 e. The Bertz CT molecular complexity index is 259. The van der Waals surface area contributed by atoms with Crippen molar-refractivity contribution in [2.24, 2.45) is 5.92 Å². The molecular weight excluding hydrogens is 190 g/mol. The minimum absolute atomic E-state index is 0.378. The van der Waals surface area contributed by atoms with Gasteiger partial charge in [-0.25, -0.2) is 0 Å². The van der Waals surface area contributed by atoms with E-state index in [4.69, 9.17) is 10.5 Å². The van der Waals surface area contributed by atoms with E-state index in [2.05, 4.69) is 0 Å². The number of hydrogen-bond donors (Lipinski definition) is 0. The predicted octanol–water partition coefficient (Wildman–Crippen LogP) is 2.83. The quantitative estimate of drug-likeness (QED) is 0.522. The van der Waals surface area contributed by atoms with Crippen LogP contribution in [0.3, 0.4) is 0 Å². The second-order valence-electron chi connectivity index (χ2n) is 3.46. The highest BCUT2D eigenvalue weighted by Gasteiger charge is 2.56. The second kappa shape index (κ2) is 3.84. The SMILES string of the molecule is CC(C)C(C#N)(CC#N)[Si](C)(F)F. The molecule has 0 saturated heterocycles. The van der Waals surface area contributed by atoms with E-state index in [0.717, 1.165) is 6.55 Å². The topological polar surface area (TPSA) is 47.6 Å². The largest absolute Gasteiger partial charge is 0.442 e. The Morgan fingerprint density at radius 2 is 1.85 bits per heavy atom. The molecule has 0 N–H and O–H groups in total. The molecule has 0 aliphatic carbocycles. The first-order valence-corrected chi connectivity index (χ1v) is 6.23. The van der Waals surface area contributed by atoms with Crippen LogP contribution < -0.4 is 0 Å².